The van der Waals surface area contributed by atoms with Crippen molar-refractivity contribution in [3.63, 3.8) is 0 Å². The molecule has 0 saturated carbocycles. The summed E-state index contributed by atoms with van der Waals surface area (Å²) in [5.41, 5.74) is 1.98. The number of hydrogen-bond acceptors (Lipinski definition) is 4. The van der Waals surface area contributed by atoms with Crippen LogP contribution in [-0.4, -0.2) is 43.8 Å². The van der Waals surface area contributed by atoms with Crippen molar-refractivity contribution in [3.8, 4) is 5.75 Å². The Kier molecular flexibility index (Phi) is 5.39. The highest BCUT2D eigenvalue weighted by molar-refractivity contribution is 6.12. The number of carbonyl (C=O) groups excluding carboxylic acids is 1. The summed E-state index contributed by atoms with van der Waals surface area (Å²) >= 11 is 0. The van der Waals surface area contributed by atoms with Gasteiger partial charge in [-0.15, -0.1) is 0 Å². The lowest BCUT2D eigenvalue weighted by atomic mass is 10.00. The van der Waals surface area contributed by atoms with Gasteiger partial charge in [-0.1, -0.05) is 0 Å². The summed E-state index contributed by atoms with van der Waals surface area (Å²) in [5.74, 6) is 0.252. The molecule has 6 heteroatoms. The van der Waals surface area contributed by atoms with Gasteiger partial charge in [-0.05, 0) is 74.5 Å². The van der Waals surface area contributed by atoms with Crippen LogP contribution in [0.1, 0.15) is 24.3 Å². The second-order valence-corrected chi connectivity index (χ2v) is 7.55. The van der Waals surface area contributed by atoms with Crippen LogP contribution in [0.3, 0.4) is 0 Å². The standard InChI is InChI=1S/C22H24FN3O2/c1-26-10-2-3-15(13-26)14-28-18-7-5-17(6-8-18)24-12-20-19-11-16(23)4-9-21(19)25-22(20)27/h4-9,11-12,15,20H,2-3,10,13-14H2,1H3,(H,25,27). The molecule has 1 N–H and O–H groups in total. The summed E-state index contributed by atoms with van der Waals surface area (Å²) in [7, 11) is 2.15. The van der Waals surface area contributed by atoms with Gasteiger partial charge in [0.1, 0.15) is 17.5 Å². The van der Waals surface area contributed by atoms with Crippen LogP contribution in [0.25, 0.3) is 0 Å². The second kappa shape index (κ2) is 8.10. The highest BCUT2D eigenvalue weighted by Gasteiger charge is 2.29. The fourth-order valence-electron chi connectivity index (χ4n) is 3.82. The molecule has 1 amide bonds. The Labute approximate surface area is 164 Å². The largest absolute Gasteiger partial charge is 0.493 e. The van der Waals surface area contributed by atoms with Crippen LogP contribution in [0.2, 0.25) is 0 Å². The molecule has 0 spiro atoms. The Morgan fingerprint density at radius 1 is 1.29 bits per heavy atom. The molecule has 28 heavy (non-hydrogen) atoms. The molecular formula is C22H24FN3O2. The number of carbonyl (C=O) groups is 1. The molecule has 2 aromatic rings. The summed E-state index contributed by atoms with van der Waals surface area (Å²) < 4.78 is 19.4. The Morgan fingerprint density at radius 2 is 2.11 bits per heavy atom. The molecule has 0 aliphatic carbocycles. The van der Waals surface area contributed by atoms with Gasteiger partial charge in [-0.25, -0.2) is 4.39 Å². The number of halogens is 1. The maximum absolute atomic E-state index is 13.5. The summed E-state index contributed by atoms with van der Waals surface area (Å²) in [6, 6.07) is 11.8. The Hall–Kier alpha value is -2.73. The minimum atomic E-state index is -0.579. The monoisotopic (exact) mass is 381 g/mol. The van der Waals surface area contributed by atoms with Gasteiger partial charge in [0.05, 0.1) is 12.3 Å². The number of likely N-dealkylation sites (tertiary alicyclic amines) is 1. The first-order chi connectivity index (χ1) is 13.6. The van der Waals surface area contributed by atoms with Crippen LogP contribution in [0.15, 0.2) is 47.5 Å². The molecule has 146 valence electrons. The highest BCUT2D eigenvalue weighted by atomic mass is 19.1. The molecule has 2 heterocycles. The van der Waals surface area contributed by atoms with Gasteiger partial charge in [0.25, 0.3) is 0 Å². The Balaban J connectivity index is 1.37. The van der Waals surface area contributed by atoms with Crippen molar-refractivity contribution < 1.29 is 13.9 Å². The van der Waals surface area contributed by atoms with Crippen molar-refractivity contribution in [2.24, 2.45) is 10.9 Å². The number of nitrogens with one attached hydrogen (secondary N) is 1. The van der Waals surface area contributed by atoms with E-state index in [0.717, 1.165) is 24.6 Å². The molecule has 5 nitrogen and oxygen atoms in total. The summed E-state index contributed by atoms with van der Waals surface area (Å²) in [5, 5.41) is 2.75. The Morgan fingerprint density at radius 3 is 2.89 bits per heavy atom. The number of ether oxygens (including phenoxy) is 1. The van der Waals surface area contributed by atoms with Crippen molar-refractivity contribution in [3.05, 3.63) is 53.8 Å². The van der Waals surface area contributed by atoms with E-state index < -0.39 is 5.92 Å². The zero-order valence-corrected chi connectivity index (χ0v) is 15.9. The second-order valence-electron chi connectivity index (χ2n) is 7.55. The van der Waals surface area contributed by atoms with E-state index in [1.165, 1.54) is 31.5 Å². The summed E-state index contributed by atoms with van der Waals surface area (Å²) in [6.07, 6.45) is 3.99. The maximum atomic E-state index is 13.5. The number of benzene rings is 2. The van der Waals surface area contributed by atoms with E-state index in [9.17, 15) is 9.18 Å². The first kappa shape index (κ1) is 18.6. The van der Waals surface area contributed by atoms with Gasteiger partial charge in [-0.3, -0.25) is 9.79 Å². The molecule has 2 aliphatic heterocycles. The summed E-state index contributed by atoms with van der Waals surface area (Å²) in [6.45, 7) is 2.96. The zero-order chi connectivity index (χ0) is 19.5. The van der Waals surface area contributed by atoms with E-state index in [0.29, 0.717) is 17.2 Å². The van der Waals surface area contributed by atoms with E-state index in [1.54, 1.807) is 12.3 Å². The molecule has 0 aromatic heterocycles. The van der Waals surface area contributed by atoms with E-state index >= 15 is 0 Å². The molecular weight excluding hydrogens is 357 g/mol. The molecule has 0 bridgehead atoms. The van der Waals surface area contributed by atoms with Crippen molar-refractivity contribution in [2.45, 2.75) is 18.8 Å². The predicted octanol–water partition coefficient (Wildman–Crippen LogP) is 3.98. The third kappa shape index (κ3) is 4.22. The lowest BCUT2D eigenvalue weighted by molar-refractivity contribution is -0.115. The molecule has 1 saturated heterocycles. The predicted molar refractivity (Wildman–Crippen MR) is 108 cm³/mol. The third-order valence-electron chi connectivity index (χ3n) is 5.31. The SMILES string of the molecule is CN1CCCC(COc2ccc(N=CC3C(=O)Nc4ccc(F)cc43)cc2)C1. The molecule has 1 fully saturated rings. The number of aliphatic imine (C=N–C) groups is 1. The lowest BCUT2D eigenvalue weighted by Crippen LogP contribution is -2.34. The number of fused-ring (bicyclic) bond motifs is 1. The summed E-state index contributed by atoms with van der Waals surface area (Å²) in [4.78, 5) is 18.9. The average molecular weight is 381 g/mol. The normalized spacial score (nSPS) is 22.3. The fraction of sp³-hybridized carbons (Fsp3) is 0.364. The minimum absolute atomic E-state index is 0.193. The van der Waals surface area contributed by atoms with E-state index in [2.05, 4.69) is 22.3 Å². The number of piperidine rings is 1. The molecule has 4 rings (SSSR count). The van der Waals surface area contributed by atoms with E-state index in [4.69, 9.17) is 4.74 Å². The zero-order valence-electron chi connectivity index (χ0n) is 15.9. The van der Waals surface area contributed by atoms with Gasteiger partial charge >= 0.3 is 0 Å². The van der Waals surface area contributed by atoms with Gasteiger partial charge in [0, 0.05) is 24.4 Å². The molecule has 0 radical (unpaired) electrons. The van der Waals surface area contributed by atoms with Gasteiger partial charge < -0.3 is 15.0 Å². The lowest BCUT2D eigenvalue weighted by Gasteiger charge is -2.29. The smallest absolute Gasteiger partial charge is 0.237 e. The van der Waals surface area contributed by atoms with Crippen LogP contribution in [0.4, 0.5) is 15.8 Å². The fourth-order valence-corrected chi connectivity index (χ4v) is 3.82. The number of hydrogen-bond donors (Lipinski definition) is 1. The van der Waals surface area contributed by atoms with Crippen LogP contribution in [-0.2, 0) is 4.79 Å². The molecule has 2 atom stereocenters. The molecule has 2 aliphatic rings. The Bertz CT molecular complexity index is 882. The maximum Gasteiger partial charge on any atom is 0.237 e. The number of amides is 1. The molecule has 2 aromatic carbocycles. The topological polar surface area (TPSA) is 53.9 Å². The van der Waals surface area contributed by atoms with Crippen LogP contribution in [0, 0.1) is 11.7 Å². The van der Waals surface area contributed by atoms with E-state index in [1.807, 2.05) is 24.3 Å². The van der Waals surface area contributed by atoms with Crippen LogP contribution < -0.4 is 10.1 Å². The quantitative estimate of drug-likeness (QED) is 0.797. The van der Waals surface area contributed by atoms with Crippen molar-refractivity contribution in [1.82, 2.24) is 4.90 Å². The number of anilines is 1. The van der Waals surface area contributed by atoms with Crippen molar-refractivity contribution in [2.75, 3.05) is 32.1 Å². The van der Waals surface area contributed by atoms with Gasteiger partial charge in [0.2, 0.25) is 5.91 Å². The van der Waals surface area contributed by atoms with Crippen LogP contribution >= 0.6 is 0 Å². The van der Waals surface area contributed by atoms with Crippen molar-refractivity contribution in [1.29, 1.82) is 0 Å². The van der Waals surface area contributed by atoms with E-state index in [-0.39, 0.29) is 11.7 Å². The first-order valence-corrected chi connectivity index (χ1v) is 9.64. The highest BCUT2D eigenvalue weighted by Crippen LogP contribution is 2.32. The van der Waals surface area contributed by atoms with Crippen molar-refractivity contribution >= 4 is 23.5 Å². The average Bonchev–Trinajstić information content (AvgIpc) is 3.00. The molecule has 2 unspecified atom stereocenters. The van der Waals surface area contributed by atoms with Gasteiger partial charge in [-0.2, -0.15) is 0 Å². The minimum Gasteiger partial charge on any atom is -0.493 e. The van der Waals surface area contributed by atoms with Gasteiger partial charge in [0.15, 0.2) is 0 Å². The van der Waals surface area contributed by atoms with Crippen LogP contribution in [0.5, 0.6) is 5.75 Å². The number of rotatable bonds is 5. The third-order valence-corrected chi connectivity index (χ3v) is 5.31. The number of nitrogens with zero attached hydrogens (tertiary/aromatic N) is 2. The first-order valence-electron chi connectivity index (χ1n) is 9.64.